The van der Waals surface area contributed by atoms with E-state index in [-0.39, 0.29) is 18.9 Å². The summed E-state index contributed by atoms with van der Waals surface area (Å²) in [7, 11) is 0. The van der Waals surface area contributed by atoms with Gasteiger partial charge >= 0.3 is 0 Å². The topological polar surface area (TPSA) is 307 Å². The first-order chi connectivity index (χ1) is 44.3. The van der Waals surface area contributed by atoms with Gasteiger partial charge in [0.15, 0.2) is 18.9 Å². The number of amides is 1. The van der Waals surface area contributed by atoms with Crippen molar-refractivity contribution in [1.82, 2.24) is 5.32 Å². The zero-order chi connectivity index (χ0) is 66.1. The fourth-order valence-corrected chi connectivity index (χ4v) is 11.7. The number of allylic oxidation sites excluding steroid dienone is 11. The second kappa shape index (κ2) is 53.4. The standard InChI is InChI=1S/C72H127NO18/c1-3-5-7-9-11-13-15-17-19-21-23-25-27-29-31-33-35-37-39-41-43-45-47-49-56(77)55(73-60(78)50-48-46-44-42-40-38-36-34-32-30-28-26-24-22-20-18-16-14-12-10-8-6-4-2)54-86-70-66(84)63(81)68(58(52-75)88-70)91-72-67(85)64(82)69(59(53-76)89-72)90-71-65(83)62(80)61(79)57(51-74)87-71/h6,8,12,14,18,20,24,26,39,41,47,49,55-59,61-72,74-77,79-85H,3-5,7,9-11,13,15-17,19,21-23,25,27-38,40,42-46,48,50-54H2,1-2H3,(H,73,78)/b8-6-,14-12-,20-18-,26-24-,41-39+,49-47+. The quantitative estimate of drug-likeness (QED) is 0.0199. The molecule has 17 unspecified atom stereocenters. The number of carbonyl (C=O) groups excluding carboxylic acids is 1. The lowest BCUT2D eigenvalue weighted by Crippen LogP contribution is -2.66. The fraction of sp³-hybridized carbons (Fsp3) is 0.819. The number of nitrogens with one attached hydrogen (secondary N) is 1. The molecule has 0 spiro atoms. The van der Waals surface area contributed by atoms with Crippen LogP contribution < -0.4 is 5.32 Å². The molecule has 0 saturated carbocycles. The molecule has 528 valence electrons. The van der Waals surface area contributed by atoms with Crippen LogP contribution in [0.25, 0.3) is 0 Å². The summed E-state index contributed by atoms with van der Waals surface area (Å²) in [5.74, 6) is -0.291. The molecule has 0 aromatic heterocycles. The molecule has 0 aliphatic carbocycles. The Labute approximate surface area is 547 Å². The summed E-state index contributed by atoms with van der Waals surface area (Å²) >= 11 is 0. The van der Waals surface area contributed by atoms with Gasteiger partial charge in [0.1, 0.15) is 73.2 Å². The van der Waals surface area contributed by atoms with Crippen LogP contribution >= 0.6 is 0 Å². The summed E-state index contributed by atoms with van der Waals surface area (Å²) in [6, 6.07) is -0.997. The van der Waals surface area contributed by atoms with Crippen LogP contribution in [-0.2, 0) is 33.2 Å². The molecule has 91 heavy (non-hydrogen) atoms. The van der Waals surface area contributed by atoms with Gasteiger partial charge < -0.3 is 89.9 Å². The first-order valence-electron chi connectivity index (χ1n) is 35.7. The van der Waals surface area contributed by atoms with Crippen LogP contribution in [0.1, 0.15) is 245 Å². The van der Waals surface area contributed by atoms with Gasteiger partial charge in [0, 0.05) is 6.42 Å². The van der Waals surface area contributed by atoms with Crippen LogP contribution in [0.2, 0.25) is 0 Å². The van der Waals surface area contributed by atoms with Crippen molar-refractivity contribution >= 4 is 5.91 Å². The summed E-state index contributed by atoms with van der Waals surface area (Å²) < 4.78 is 34.4. The molecule has 3 heterocycles. The Morgan fingerprint density at radius 2 is 0.769 bits per heavy atom. The fourth-order valence-electron chi connectivity index (χ4n) is 11.7. The first-order valence-corrected chi connectivity index (χ1v) is 35.7. The summed E-state index contributed by atoms with van der Waals surface area (Å²) in [6.07, 6.45) is 40.2. The minimum absolute atomic E-state index is 0.227. The molecule has 3 saturated heterocycles. The zero-order valence-electron chi connectivity index (χ0n) is 55.8. The Morgan fingerprint density at radius 3 is 1.23 bits per heavy atom. The number of aliphatic hydroxyl groups is 11. The average molecular weight is 1290 g/mol. The van der Waals surface area contributed by atoms with Crippen LogP contribution in [0.5, 0.6) is 0 Å². The second-order valence-corrected chi connectivity index (χ2v) is 25.3. The van der Waals surface area contributed by atoms with Crippen molar-refractivity contribution in [2.45, 2.75) is 349 Å². The van der Waals surface area contributed by atoms with Gasteiger partial charge in [-0.25, -0.2) is 0 Å². The van der Waals surface area contributed by atoms with Gasteiger partial charge in [-0.1, -0.05) is 241 Å². The van der Waals surface area contributed by atoms with E-state index in [0.717, 1.165) is 77.0 Å². The number of hydrogen-bond donors (Lipinski definition) is 12. The van der Waals surface area contributed by atoms with Crippen LogP contribution in [0.4, 0.5) is 0 Å². The minimum atomic E-state index is -1.98. The Hall–Kier alpha value is -2.77. The number of aliphatic hydroxyl groups excluding tert-OH is 11. The van der Waals surface area contributed by atoms with E-state index in [1.807, 2.05) is 6.08 Å². The Kier molecular flexibility index (Phi) is 48.4. The summed E-state index contributed by atoms with van der Waals surface area (Å²) in [4.78, 5) is 13.4. The van der Waals surface area contributed by atoms with Gasteiger partial charge in [0.2, 0.25) is 5.91 Å². The number of unbranched alkanes of at least 4 members (excludes halogenated alkanes) is 28. The van der Waals surface area contributed by atoms with E-state index in [4.69, 9.17) is 28.4 Å². The maximum Gasteiger partial charge on any atom is 0.220 e. The van der Waals surface area contributed by atoms with Gasteiger partial charge in [-0.15, -0.1) is 0 Å². The molecular weight excluding hydrogens is 1170 g/mol. The Bertz CT molecular complexity index is 1930. The third-order valence-electron chi connectivity index (χ3n) is 17.5. The van der Waals surface area contributed by atoms with Crippen molar-refractivity contribution < 1.29 is 89.4 Å². The van der Waals surface area contributed by atoms with E-state index in [1.54, 1.807) is 6.08 Å². The van der Waals surface area contributed by atoms with E-state index in [2.05, 4.69) is 79.9 Å². The maximum atomic E-state index is 13.4. The number of hydrogen-bond acceptors (Lipinski definition) is 18. The van der Waals surface area contributed by atoms with E-state index in [1.165, 1.54) is 135 Å². The number of carbonyl (C=O) groups is 1. The summed E-state index contributed by atoms with van der Waals surface area (Å²) in [5, 5.41) is 121. The smallest absolute Gasteiger partial charge is 0.220 e. The highest BCUT2D eigenvalue weighted by atomic mass is 16.8. The average Bonchev–Trinajstić information content (AvgIpc) is 0.883. The molecule has 17 atom stereocenters. The lowest BCUT2D eigenvalue weighted by molar-refractivity contribution is -0.379. The molecule has 0 aromatic carbocycles. The molecule has 3 aliphatic heterocycles. The first kappa shape index (κ1) is 82.5. The van der Waals surface area contributed by atoms with Crippen molar-refractivity contribution in [2.75, 3.05) is 26.4 Å². The SMILES string of the molecule is CC/C=C\C/C=C\C/C=C\C/C=C\CCCCCCCCCCCCC(=O)NC(COC1OC(CO)C(OC2OC(CO)C(OC3OC(CO)C(O)C(O)C3O)C(O)C2O)C(O)C1O)C(O)/C=C/CC/C=C/CCCCCCCCCCCCCCCCCCC. The van der Waals surface area contributed by atoms with E-state index in [9.17, 15) is 61.0 Å². The number of ether oxygens (including phenoxy) is 6. The van der Waals surface area contributed by atoms with Crippen molar-refractivity contribution in [2.24, 2.45) is 0 Å². The van der Waals surface area contributed by atoms with E-state index in [0.29, 0.717) is 12.8 Å². The highest BCUT2D eigenvalue weighted by Gasteiger charge is 2.53. The van der Waals surface area contributed by atoms with Gasteiger partial charge in [0.25, 0.3) is 0 Å². The van der Waals surface area contributed by atoms with Gasteiger partial charge in [0.05, 0.1) is 38.6 Å². The maximum absolute atomic E-state index is 13.4. The van der Waals surface area contributed by atoms with Gasteiger partial charge in [-0.2, -0.15) is 0 Å². The summed E-state index contributed by atoms with van der Waals surface area (Å²) in [6.45, 7) is 1.61. The van der Waals surface area contributed by atoms with Gasteiger partial charge in [-0.05, 0) is 70.6 Å². The highest BCUT2D eigenvalue weighted by Crippen LogP contribution is 2.33. The Balaban J connectivity index is 1.45. The normalized spacial score (nSPS) is 28.3. The molecule has 0 aromatic rings. The third kappa shape index (κ3) is 35.2. The van der Waals surface area contributed by atoms with E-state index < -0.39 is 124 Å². The molecule has 0 bridgehead atoms. The van der Waals surface area contributed by atoms with Crippen LogP contribution in [0, 0.1) is 0 Å². The predicted octanol–water partition coefficient (Wildman–Crippen LogP) is 9.72. The minimum Gasteiger partial charge on any atom is -0.394 e. The Morgan fingerprint density at radius 1 is 0.407 bits per heavy atom. The molecule has 3 aliphatic rings. The van der Waals surface area contributed by atoms with Crippen molar-refractivity contribution in [1.29, 1.82) is 0 Å². The van der Waals surface area contributed by atoms with Crippen molar-refractivity contribution in [3.8, 4) is 0 Å². The third-order valence-corrected chi connectivity index (χ3v) is 17.5. The molecule has 19 heteroatoms. The highest BCUT2D eigenvalue weighted by molar-refractivity contribution is 5.76. The van der Waals surface area contributed by atoms with Crippen LogP contribution in [0.3, 0.4) is 0 Å². The molecule has 3 fully saturated rings. The zero-order valence-corrected chi connectivity index (χ0v) is 55.8. The van der Waals surface area contributed by atoms with Crippen molar-refractivity contribution in [3.05, 3.63) is 72.9 Å². The van der Waals surface area contributed by atoms with E-state index >= 15 is 0 Å². The summed E-state index contributed by atoms with van der Waals surface area (Å²) in [5.41, 5.74) is 0. The molecular formula is C72H127NO18. The molecule has 3 rings (SSSR count). The lowest BCUT2D eigenvalue weighted by atomic mass is 9.96. The second-order valence-electron chi connectivity index (χ2n) is 25.3. The largest absolute Gasteiger partial charge is 0.394 e. The molecule has 12 N–H and O–H groups in total. The predicted molar refractivity (Wildman–Crippen MR) is 355 cm³/mol. The van der Waals surface area contributed by atoms with Crippen LogP contribution in [-0.4, -0.2) is 193 Å². The molecule has 0 radical (unpaired) electrons. The van der Waals surface area contributed by atoms with Gasteiger partial charge in [-0.3, -0.25) is 4.79 Å². The molecule has 19 nitrogen and oxygen atoms in total. The lowest BCUT2D eigenvalue weighted by Gasteiger charge is -2.48. The molecule has 1 amide bonds. The number of rotatable bonds is 54. The van der Waals surface area contributed by atoms with Crippen molar-refractivity contribution in [3.63, 3.8) is 0 Å². The monoisotopic (exact) mass is 1290 g/mol. The van der Waals surface area contributed by atoms with Crippen LogP contribution in [0.15, 0.2) is 72.9 Å².